The predicted molar refractivity (Wildman–Crippen MR) is 86.0 cm³/mol. The number of ether oxygens (including phenoxy) is 1. The summed E-state index contributed by atoms with van der Waals surface area (Å²) in [6.45, 7) is 2.00. The van der Waals surface area contributed by atoms with Gasteiger partial charge in [-0.1, -0.05) is 47.0 Å². The Bertz CT molecular complexity index is 641. The van der Waals surface area contributed by atoms with Crippen LogP contribution in [0.2, 0.25) is 10.0 Å². The maximum Gasteiger partial charge on any atom is 0.332 e. The molecule has 1 unspecified atom stereocenters. The Kier molecular flexibility index (Phi) is 5.10. The molecule has 110 valence electrons. The Morgan fingerprint density at radius 2 is 1.76 bits per heavy atom. The number of aryl methyl sites for hydroxylation is 1. The Hall–Kier alpha value is -1.71. The molecule has 1 atom stereocenters. The van der Waals surface area contributed by atoms with Gasteiger partial charge >= 0.3 is 5.97 Å². The molecular weight excluding hydrogens is 309 g/mol. The normalized spacial score (nSPS) is 11.8. The van der Waals surface area contributed by atoms with Gasteiger partial charge in [0, 0.05) is 5.69 Å². The highest BCUT2D eigenvalue weighted by Gasteiger charge is 2.22. The summed E-state index contributed by atoms with van der Waals surface area (Å²) in [7, 11) is 1.35. The van der Waals surface area contributed by atoms with Gasteiger partial charge in [-0.05, 0) is 36.8 Å². The number of hydrogen-bond donors (Lipinski definition) is 1. The van der Waals surface area contributed by atoms with E-state index in [1.54, 1.807) is 18.2 Å². The highest BCUT2D eigenvalue weighted by atomic mass is 35.5. The average molecular weight is 324 g/mol. The van der Waals surface area contributed by atoms with Gasteiger partial charge in [0.15, 0.2) is 6.04 Å². The molecule has 0 bridgehead atoms. The standard InChI is InChI=1S/C16H15Cl2NO2/c1-10-3-6-12(7-4-10)19-15(16(20)21-2)11-5-8-13(17)14(18)9-11/h3-9,15,19H,1-2H3. The van der Waals surface area contributed by atoms with Crippen molar-refractivity contribution in [2.24, 2.45) is 0 Å². The average Bonchev–Trinajstić information content (AvgIpc) is 2.49. The third kappa shape index (κ3) is 3.90. The third-order valence-electron chi connectivity index (χ3n) is 3.08. The number of anilines is 1. The Morgan fingerprint density at radius 3 is 2.33 bits per heavy atom. The van der Waals surface area contributed by atoms with Crippen molar-refractivity contribution in [2.75, 3.05) is 12.4 Å². The van der Waals surface area contributed by atoms with E-state index in [1.165, 1.54) is 7.11 Å². The van der Waals surface area contributed by atoms with Crippen molar-refractivity contribution in [3.63, 3.8) is 0 Å². The van der Waals surface area contributed by atoms with Crippen molar-refractivity contribution >= 4 is 34.9 Å². The van der Waals surface area contributed by atoms with Crippen LogP contribution in [0.5, 0.6) is 0 Å². The number of hydrogen-bond acceptors (Lipinski definition) is 3. The van der Waals surface area contributed by atoms with E-state index in [-0.39, 0.29) is 0 Å². The largest absolute Gasteiger partial charge is 0.467 e. The summed E-state index contributed by atoms with van der Waals surface area (Å²) in [5, 5.41) is 3.98. The van der Waals surface area contributed by atoms with Crippen LogP contribution in [-0.2, 0) is 9.53 Å². The lowest BCUT2D eigenvalue weighted by atomic mass is 10.1. The summed E-state index contributed by atoms with van der Waals surface area (Å²) in [5.41, 5.74) is 2.66. The van der Waals surface area contributed by atoms with Gasteiger partial charge in [-0.15, -0.1) is 0 Å². The van der Waals surface area contributed by atoms with E-state index in [9.17, 15) is 4.79 Å². The van der Waals surface area contributed by atoms with E-state index < -0.39 is 12.0 Å². The maximum absolute atomic E-state index is 12.0. The summed E-state index contributed by atoms with van der Waals surface area (Å²) in [4.78, 5) is 12.0. The fourth-order valence-corrected chi connectivity index (χ4v) is 2.21. The molecule has 2 rings (SSSR count). The molecule has 0 amide bonds. The van der Waals surface area contributed by atoms with Crippen molar-refractivity contribution < 1.29 is 9.53 Å². The number of rotatable bonds is 4. The van der Waals surface area contributed by atoms with Crippen molar-refractivity contribution in [3.8, 4) is 0 Å². The second kappa shape index (κ2) is 6.83. The highest BCUT2D eigenvalue weighted by Crippen LogP contribution is 2.28. The number of carbonyl (C=O) groups excluding carboxylic acids is 1. The first-order valence-electron chi connectivity index (χ1n) is 6.37. The molecule has 2 aromatic carbocycles. The fraction of sp³-hybridized carbons (Fsp3) is 0.188. The van der Waals surface area contributed by atoms with Crippen molar-refractivity contribution in [1.29, 1.82) is 0 Å². The zero-order valence-electron chi connectivity index (χ0n) is 11.7. The van der Waals surface area contributed by atoms with Crippen molar-refractivity contribution in [3.05, 3.63) is 63.6 Å². The lowest BCUT2D eigenvalue weighted by molar-refractivity contribution is -0.141. The van der Waals surface area contributed by atoms with E-state index >= 15 is 0 Å². The number of carbonyl (C=O) groups is 1. The monoisotopic (exact) mass is 323 g/mol. The molecule has 0 aromatic heterocycles. The van der Waals surface area contributed by atoms with Crippen LogP contribution < -0.4 is 5.32 Å². The SMILES string of the molecule is COC(=O)C(Nc1ccc(C)cc1)c1ccc(Cl)c(Cl)c1. The number of halogens is 2. The van der Waals surface area contributed by atoms with Crippen molar-refractivity contribution in [2.45, 2.75) is 13.0 Å². The number of benzene rings is 2. The second-order valence-electron chi connectivity index (χ2n) is 4.64. The molecule has 0 spiro atoms. The zero-order chi connectivity index (χ0) is 15.4. The first kappa shape index (κ1) is 15.7. The van der Waals surface area contributed by atoms with Gasteiger partial charge in [-0.25, -0.2) is 4.79 Å². The highest BCUT2D eigenvalue weighted by molar-refractivity contribution is 6.42. The first-order valence-corrected chi connectivity index (χ1v) is 7.13. The van der Waals surface area contributed by atoms with Crippen LogP contribution in [0, 0.1) is 6.92 Å². The van der Waals surface area contributed by atoms with Gasteiger partial charge in [0.25, 0.3) is 0 Å². The summed E-state index contributed by atoms with van der Waals surface area (Å²) >= 11 is 11.9. The minimum atomic E-state index is -0.646. The predicted octanol–water partition coefficient (Wildman–Crippen LogP) is 4.63. The molecule has 0 saturated heterocycles. The summed E-state index contributed by atoms with van der Waals surface area (Å²) in [6, 6.07) is 12.2. The van der Waals surface area contributed by atoms with E-state index in [2.05, 4.69) is 5.32 Å². The molecule has 1 N–H and O–H groups in total. The van der Waals surface area contributed by atoms with Gasteiger partial charge in [0.05, 0.1) is 17.2 Å². The molecule has 21 heavy (non-hydrogen) atoms. The van der Waals surface area contributed by atoms with E-state index in [0.29, 0.717) is 15.6 Å². The van der Waals surface area contributed by atoms with Gasteiger partial charge in [-0.3, -0.25) is 0 Å². The third-order valence-corrected chi connectivity index (χ3v) is 3.82. The number of esters is 1. The molecule has 2 aromatic rings. The molecule has 0 aliphatic carbocycles. The Morgan fingerprint density at radius 1 is 1.10 bits per heavy atom. The quantitative estimate of drug-likeness (QED) is 0.834. The van der Waals surface area contributed by atoms with E-state index in [1.807, 2.05) is 31.2 Å². The van der Waals surface area contributed by atoms with Gasteiger partial charge in [-0.2, -0.15) is 0 Å². The van der Waals surface area contributed by atoms with Gasteiger partial charge in [0.2, 0.25) is 0 Å². The van der Waals surface area contributed by atoms with Crippen LogP contribution in [-0.4, -0.2) is 13.1 Å². The lowest BCUT2D eigenvalue weighted by Crippen LogP contribution is -2.22. The molecule has 5 heteroatoms. The molecule has 0 radical (unpaired) electrons. The smallest absolute Gasteiger partial charge is 0.332 e. The molecular formula is C16H15Cl2NO2. The van der Waals surface area contributed by atoms with E-state index in [4.69, 9.17) is 27.9 Å². The zero-order valence-corrected chi connectivity index (χ0v) is 13.2. The second-order valence-corrected chi connectivity index (χ2v) is 5.45. The molecule has 0 aliphatic heterocycles. The van der Waals surface area contributed by atoms with Crippen LogP contribution in [0.3, 0.4) is 0 Å². The molecule has 0 heterocycles. The lowest BCUT2D eigenvalue weighted by Gasteiger charge is -2.18. The van der Waals surface area contributed by atoms with E-state index in [0.717, 1.165) is 11.3 Å². The fourth-order valence-electron chi connectivity index (χ4n) is 1.90. The molecule has 0 fully saturated rings. The summed E-state index contributed by atoms with van der Waals surface area (Å²) < 4.78 is 4.86. The Labute approximate surface area is 133 Å². The molecule has 0 aliphatic rings. The van der Waals surface area contributed by atoms with Crippen LogP contribution in [0.4, 0.5) is 5.69 Å². The number of methoxy groups -OCH3 is 1. The minimum absolute atomic E-state index is 0.394. The first-order chi connectivity index (χ1) is 10.0. The maximum atomic E-state index is 12.0. The van der Waals surface area contributed by atoms with Crippen LogP contribution >= 0.6 is 23.2 Å². The minimum Gasteiger partial charge on any atom is -0.467 e. The summed E-state index contributed by atoms with van der Waals surface area (Å²) in [6.07, 6.45) is 0. The van der Waals surface area contributed by atoms with Crippen molar-refractivity contribution in [1.82, 2.24) is 0 Å². The van der Waals surface area contributed by atoms with Gasteiger partial charge < -0.3 is 10.1 Å². The summed E-state index contributed by atoms with van der Waals surface area (Å²) in [5.74, 6) is -0.394. The Balaban J connectivity index is 2.31. The molecule has 3 nitrogen and oxygen atoms in total. The topological polar surface area (TPSA) is 38.3 Å². The van der Waals surface area contributed by atoms with Crippen LogP contribution in [0.25, 0.3) is 0 Å². The van der Waals surface area contributed by atoms with Crippen LogP contribution in [0.1, 0.15) is 17.2 Å². The van der Waals surface area contributed by atoms with Gasteiger partial charge in [0.1, 0.15) is 0 Å². The molecule has 0 saturated carbocycles. The number of nitrogens with one attached hydrogen (secondary N) is 1. The van der Waals surface area contributed by atoms with Crippen LogP contribution in [0.15, 0.2) is 42.5 Å².